The molecule has 0 bridgehead atoms. The molecule has 1 N–H and O–H groups in total. The fourth-order valence-electron chi connectivity index (χ4n) is 4.47. The lowest BCUT2D eigenvalue weighted by molar-refractivity contribution is 0.0941. The van der Waals surface area contributed by atoms with Crippen molar-refractivity contribution < 1.29 is 4.79 Å². The van der Waals surface area contributed by atoms with E-state index in [0.717, 1.165) is 39.3 Å². The number of aromatic nitrogens is 3. The van der Waals surface area contributed by atoms with Crippen LogP contribution in [0.1, 0.15) is 45.8 Å². The Morgan fingerprint density at radius 2 is 1.44 bits per heavy atom. The Morgan fingerprint density at radius 1 is 0.882 bits per heavy atom. The largest absolute Gasteiger partial charge is 0.341 e. The van der Waals surface area contributed by atoms with Gasteiger partial charge in [-0.15, -0.1) is 0 Å². The highest BCUT2D eigenvalue weighted by Gasteiger charge is 2.23. The van der Waals surface area contributed by atoms with Gasteiger partial charge in [-0.25, -0.2) is 9.50 Å². The molecule has 1 amide bonds. The summed E-state index contributed by atoms with van der Waals surface area (Å²) in [5.41, 5.74) is 7.13. The summed E-state index contributed by atoms with van der Waals surface area (Å²) in [5.74, 6) is -0.168. The Morgan fingerprint density at radius 3 is 2.00 bits per heavy atom. The number of fused-ring (bicyclic) bond motifs is 1. The third-order valence-corrected chi connectivity index (χ3v) is 6.10. The van der Waals surface area contributed by atoms with Gasteiger partial charge in [0, 0.05) is 11.8 Å². The van der Waals surface area contributed by atoms with Gasteiger partial charge in [-0.3, -0.25) is 4.79 Å². The highest BCUT2D eigenvalue weighted by atomic mass is 16.1. The minimum Gasteiger partial charge on any atom is -0.341 e. The van der Waals surface area contributed by atoms with E-state index in [2.05, 4.69) is 17.4 Å². The second-order valence-corrected chi connectivity index (χ2v) is 8.26. The van der Waals surface area contributed by atoms with E-state index in [1.165, 1.54) is 0 Å². The van der Waals surface area contributed by atoms with Crippen LogP contribution in [0.4, 0.5) is 0 Å². The van der Waals surface area contributed by atoms with Crippen LogP contribution in [-0.2, 0) is 6.42 Å². The maximum absolute atomic E-state index is 13.6. The zero-order valence-corrected chi connectivity index (χ0v) is 19.3. The molecule has 3 aromatic carbocycles. The monoisotopic (exact) mass is 446 g/mol. The Bertz CT molecular complexity index is 1390. The quantitative estimate of drug-likeness (QED) is 0.359. The smallest absolute Gasteiger partial charge is 0.255 e. The molecular weight excluding hydrogens is 420 g/mol. The normalized spacial score (nSPS) is 11.1. The highest BCUT2D eigenvalue weighted by Crippen LogP contribution is 2.29. The highest BCUT2D eigenvalue weighted by molar-refractivity contribution is 5.96. The molecule has 0 radical (unpaired) electrons. The second kappa shape index (κ2) is 9.32. The Hall–Kier alpha value is -4.25. The summed E-state index contributed by atoms with van der Waals surface area (Å²) in [5, 5.41) is 8.01. The first-order chi connectivity index (χ1) is 16.7. The van der Waals surface area contributed by atoms with Gasteiger partial charge in [-0.2, -0.15) is 5.10 Å². The molecule has 2 aromatic heterocycles. The van der Waals surface area contributed by atoms with Crippen LogP contribution in [0.15, 0.2) is 97.2 Å². The lowest BCUT2D eigenvalue weighted by atomic mass is 9.98. The summed E-state index contributed by atoms with van der Waals surface area (Å²) in [7, 11) is 0. The van der Waals surface area contributed by atoms with E-state index < -0.39 is 0 Å². The predicted molar refractivity (Wildman–Crippen MR) is 135 cm³/mol. The third-order valence-electron chi connectivity index (χ3n) is 6.10. The molecule has 0 saturated carbocycles. The van der Waals surface area contributed by atoms with E-state index in [1.807, 2.05) is 97.2 Å². The van der Waals surface area contributed by atoms with E-state index in [9.17, 15) is 4.79 Å². The number of nitrogens with one attached hydrogen (secondary N) is 1. The van der Waals surface area contributed by atoms with Crippen molar-refractivity contribution >= 4 is 11.6 Å². The first-order valence-corrected chi connectivity index (χ1v) is 11.5. The average molecular weight is 447 g/mol. The number of amides is 1. The van der Waals surface area contributed by atoms with Crippen LogP contribution in [0.25, 0.3) is 16.8 Å². The summed E-state index contributed by atoms with van der Waals surface area (Å²) < 4.78 is 1.83. The van der Waals surface area contributed by atoms with Gasteiger partial charge in [0.25, 0.3) is 5.91 Å². The van der Waals surface area contributed by atoms with Gasteiger partial charge in [0.15, 0.2) is 5.65 Å². The van der Waals surface area contributed by atoms with Crippen LogP contribution < -0.4 is 5.32 Å². The van der Waals surface area contributed by atoms with Gasteiger partial charge >= 0.3 is 0 Å². The molecule has 0 aliphatic rings. The van der Waals surface area contributed by atoms with E-state index in [1.54, 1.807) is 6.20 Å². The third kappa shape index (κ3) is 3.97. The van der Waals surface area contributed by atoms with Crippen LogP contribution in [0.2, 0.25) is 0 Å². The van der Waals surface area contributed by atoms with Gasteiger partial charge in [0.1, 0.15) is 0 Å². The number of carbonyl (C=O) groups is 1. The van der Waals surface area contributed by atoms with Crippen molar-refractivity contribution in [2.75, 3.05) is 0 Å². The van der Waals surface area contributed by atoms with E-state index >= 15 is 0 Å². The minimum absolute atomic E-state index is 0.168. The molecule has 5 rings (SSSR count). The zero-order chi connectivity index (χ0) is 23.5. The Labute approximate surface area is 199 Å². The standard InChI is InChI=1S/C29H26N4O/c1-3-25-24(19-30-28-26(20(2)32-33(25)28)21-13-7-4-8-14-21)29(34)31-27(22-15-9-5-10-16-22)23-17-11-6-12-18-23/h4-19,27H,3H2,1-2H3,(H,31,34). The lowest BCUT2D eigenvalue weighted by Gasteiger charge is -2.21. The summed E-state index contributed by atoms with van der Waals surface area (Å²) in [6.07, 6.45) is 2.34. The molecular formula is C29H26N4O. The molecule has 5 aromatic rings. The lowest BCUT2D eigenvalue weighted by Crippen LogP contribution is -2.30. The molecule has 0 unspecified atom stereocenters. The van der Waals surface area contributed by atoms with Gasteiger partial charge in [-0.1, -0.05) is 97.9 Å². The van der Waals surface area contributed by atoms with Crippen LogP contribution in [-0.4, -0.2) is 20.5 Å². The number of rotatable bonds is 6. The number of nitrogens with zero attached hydrogens (tertiary/aromatic N) is 3. The molecule has 0 aliphatic carbocycles. The number of hydrogen-bond acceptors (Lipinski definition) is 3. The number of hydrogen-bond donors (Lipinski definition) is 1. The van der Waals surface area contributed by atoms with E-state index in [0.29, 0.717) is 12.0 Å². The number of carbonyl (C=O) groups excluding carboxylic acids is 1. The first kappa shape index (κ1) is 21.6. The SMILES string of the molecule is CCc1c(C(=O)NC(c2ccccc2)c2ccccc2)cnc2c(-c3ccccc3)c(C)nn12. The zero-order valence-electron chi connectivity index (χ0n) is 19.3. The molecule has 34 heavy (non-hydrogen) atoms. The van der Waals surface area contributed by atoms with E-state index in [4.69, 9.17) is 10.1 Å². The average Bonchev–Trinajstić information content (AvgIpc) is 3.23. The van der Waals surface area contributed by atoms with Gasteiger partial charge < -0.3 is 5.32 Å². The Balaban J connectivity index is 1.56. The maximum atomic E-state index is 13.6. The minimum atomic E-state index is -0.269. The van der Waals surface area contributed by atoms with Gasteiger partial charge in [0.2, 0.25) is 0 Å². The van der Waals surface area contributed by atoms with Crippen molar-refractivity contribution in [3.05, 3.63) is 125 Å². The summed E-state index contributed by atoms with van der Waals surface area (Å²) in [4.78, 5) is 18.3. The molecule has 0 spiro atoms. The van der Waals surface area contributed by atoms with Crippen LogP contribution >= 0.6 is 0 Å². The molecule has 168 valence electrons. The summed E-state index contributed by atoms with van der Waals surface area (Å²) >= 11 is 0. The summed E-state index contributed by atoms with van der Waals surface area (Å²) in [6, 6.07) is 29.9. The van der Waals surface area contributed by atoms with Crippen molar-refractivity contribution in [2.45, 2.75) is 26.3 Å². The van der Waals surface area contributed by atoms with Crippen molar-refractivity contribution in [1.82, 2.24) is 19.9 Å². The topological polar surface area (TPSA) is 59.3 Å². The summed E-state index contributed by atoms with van der Waals surface area (Å²) in [6.45, 7) is 4.02. The molecule has 0 atom stereocenters. The fourth-order valence-corrected chi connectivity index (χ4v) is 4.47. The van der Waals surface area contributed by atoms with Crippen LogP contribution in [0, 0.1) is 6.92 Å². The molecule has 5 heteroatoms. The van der Waals surface area contributed by atoms with Crippen molar-refractivity contribution in [3.8, 4) is 11.1 Å². The van der Waals surface area contributed by atoms with Gasteiger partial charge in [-0.05, 0) is 30.0 Å². The Kier molecular flexibility index (Phi) is 5.91. The fraction of sp³-hybridized carbons (Fsp3) is 0.138. The van der Waals surface area contributed by atoms with Crippen molar-refractivity contribution in [2.24, 2.45) is 0 Å². The van der Waals surface area contributed by atoms with Gasteiger partial charge in [0.05, 0.1) is 23.0 Å². The number of aryl methyl sites for hydroxylation is 2. The first-order valence-electron chi connectivity index (χ1n) is 11.5. The number of benzene rings is 3. The second-order valence-electron chi connectivity index (χ2n) is 8.26. The van der Waals surface area contributed by atoms with Crippen LogP contribution in [0.5, 0.6) is 0 Å². The molecule has 5 nitrogen and oxygen atoms in total. The molecule has 0 aliphatic heterocycles. The van der Waals surface area contributed by atoms with Crippen molar-refractivity contribution in [3.63, 3.8) is 0 Å². The predicted octanol–water partition coefficient (Wildman–Crippen LogP) is 5.79. The molecule has 0 fully saturated rings. The molecule has 2 heterocycles. The molecule has 0 saturated heterocycles. The van der Waals surface area contributed by atoms with E-state index in [-0.39, 0.29) is 11.9 Å². The van der Waals surface area contributed by atoms with Crippen molar-refractivity contribution in [1.29, 1.82) is 0 Å². The maximum Gasteiger partial charge on any atom is 0.255 e. The van der Waals surface area contributed by atoms with Crippen LogP contribution in [0.3, 0.4) is 0 Å².